The van der Waals surface area contributed by atoms with Gasteiger partial charge in [0.15, 0.2) is 0 Å². The highest BCUT2D eigenvalue weighted by Gasteiger charge is 2.35. The molecule has 2 rings (SSSR count). The number of nitrogens with one attached hydrogen (secondary N) is 2. The Bertz CT molecular complexity index is 308. The van der Waals surface area contributed by atoms with Gasteiger partial charge in [-0.25, -0.2) is 0 Å². The number of hydrogen-bond donors (Lipinski definition) is 2. The standard InChI is InChI=1S/C16H30N2O/c1-12(13-6-9-17-10-7-13)11-15(19)18-14-5-4-8-16(14,2)3/h12-14,17H,4-11H2,1-3H3,(H,18,19). The summed E-state index contributed by atoms with van der Waals surface area (Å²) in [4.78, 5) is 12.2. The van der Waals surface area contributed by atoms with Crippen molar-refractivity contribution in [3.63, 3.8) is 0 Å². The van der Waals surface area contributed by atoms with Crippen molar-refractivity contribution in [2.75, 3.05) is 13.1 Å². The van der Waals surface area contributed by atoms with Crippen LogP contribution >= 0.6 is 0 Å². The second kappa shape index (κ2) is 6.25. The number of hydrogen-bond acceptors (Lipinski definition) is 2. The van der Waals surface area contributed by atoms with Crippen molar-refractivity contribution >= 4 is 5.91 Å². The maximum atomic E-state index is 12.2. The molecule has 0 spiro atoms. The van der Waals surface area contributed by atoms with Crippen LogP contribution in [0.2, 0.25) is 0 Å². The van der Waals surface area contributed by atoms with E-state index in [0.717, 1.165) is 25.4 Å². The van der Waals surface area contributed by atoms with Crippen LogP contribution in [0, 0.1) is 17.3 Å². The first-order valence-corrected chi connectivity index (χ1v) is 7.99. The van der Waals surface area contributed by atoms with Gasteiger partial charge in [-0.3, -0.25) is 4.79 Å². The van der Waals surface area contributed by atoms with Crippen LogP contribution in [0.3, 0.4) is 0 Å². The lowest BCUT2D eigenvalue weighted by Crippen LogP contribution is -2.42. The van der Waals surface area contributed by atoms with Crippen molar-refractivity contribution in [3.8, 4) is 0 Å². The molecular formula is C16H30N2O. The summed E-state index contributed by atoms with van der Waals surface area (Å²) >= 11 is 0. The Labute approximate surface area is 117 Å². The Morgan fingerprint density at radius 3 is 2.58 bits per heavy atom. The van der Waals surface area contributed by atoms with Gasteiger partial charge in [-0.15, -0.1) is 0 Å². The Kier molecular flexibility index (Phi) is 4.88. The highest BCUT2D eigenvalue weighted by Crippen LogP contribution is 2.37. The zero-order chi connectivity index (χ0) is 13.9. The Balaban J connectivity index is 1.77. The topological polar surface area (TPSA) is 41.1 Å². The highest BCUT2D eigenvalue weighted by atomic mass is 16.1. The van der Waals surface area contributed by atoms with Gasteiger partial charge in [0.05, 0.1) is 0 Å². The second-order valence-corrected chi connectivity index (χ2v) is 7.27. The van der Waals surface area contributed by atoms with Crippen molar-refractivity contribution in [1.29, 1.82) is 0 Å². The van der Waals surface area contributed by atoms with Gasteiger partial charge in [-0.1, -0.05) is 27.2 Å². The molecule has 2 unspecified atom stereocenters. The van der Waals surface area contributed by atoms with Crippen LogP contribution in [0.1, 0.15) is 59.3 Å². The van der Waals surface area contributed by atoms with Crippen molar-refractivity contribution in [2.24, 2.45) is 17.3 Å². The molecule has 0 aromatic heterocycles. The average Bonchev–Trinajstić information content (AvgIpc) is 2.69. The summed E-state index contributed by atoms with van der Waals surface area (Å²) < 4.78 is 0. The fraction of sp³-hybridized carbons (Fsp3) is 0.938. The highest BCUT2D eigenvalue weighted by molar-refractivity contribution is 5.76. The summed E-state index contributed by atoms with van der Waals surface area (Å²) in [5.74, 6) is 1.52. The molecule has 2 aliphatic rings. The van der Waals surface area contributed by atoms with E-state index in [1.807, 2.05) is 0 Å². The first-order valence-electron chi connectivity index (χ1n) is 7.99. The number of carbonyl (C=O) groups is 1. The molecule has 3 heteroatoms. The third-order valence-corrected chi connectivity index (χ3v) is 5.29. The molecule has 1 heterocycles. The Morgan fingerprint density at radius 2 is 2.00 bits per heavy atom. The maximum absolute atomic E-state index is 12.2. The van der Waals surface area contributed by atoms with Gasteiger partial charge in [-0.2, -0.15) is 0 Å². The molecule has 110 valence electrons. The van der Waals surface area contributed by atoms with E-state index >= 15 is 0 Å². The zero-order valence-electron chi connectivity index (χ0n) is 12.8. The van der Waals surface area contributed by atoms with E-state index in [2.05, 4.69) is 31.4 Å². The quantitative estimate of drug-likeness (QED) is 0.821. The molecule has 2 fully saturated rings. The number of carbonyl (C=O) groups excluding carboxylic acids is 1. The van der Waals surface area contributed by atoms with Gasteiger partial charge in [0, 0.05) is 12.5 Å². The smallest absolute Gasteiger partial charge is 0.220 e. The Hall–Kier alpha value is -0.570. The summed E-state index contributed by atoms with van der Waals surface area (Å²) in [6.07, 6.45) is 6.80. The molecule has 0 bridgehead atoms. The van der Waals surface area contributed by atoms with Gasteiger partial charge in [0.25, 0.3) is 0 Å². The lowest BCUT2D eigenvalue weighted by atomic mass is 9.83. The molecule has 1 aliphatic carbocycles. The first kappa shape index (κ1) is 14.8. The van der Waals surface area contributed by atoms with Crippen molar-refractivity contribution in [1.82, 2.24) is 10.6 Å². The van der Waals surface area contributed by atoms with E-state index < -0.39 is 0 Å². The largest absolute Gasteiger partial charge is 0.353 e. The molecule has 1 aliphatic heterocycles. The molecule has 19 heavy (non-hydrogen) atoms. The van der Waals surface area contributed by atoms with Gasteiger partial charge in [0.2, 0.25) is 5.91 Å². The molecule has 0 aromatic carbocycles. The first-order chi connectivity index (χ1) is 8.99. The van der Waals surface area contributed by atoms with Crippen LogP contribution in [0.4, 0.5) is 0 Å². The van der Waals surface area contributed by atoms with Gasteiger partial charge in [-0.05, 0) is 56.0 Å². The SMILES string of the molecule is CC(CC(=O)NC1CCCC1(C)C)C1CCNCC1. The minimum absolute atomic E-state index is 0.269. The summed E-state index contributed by atoms with van der Waals surface area (Å²) in [6, 6.07) is 0.389. The predicted octanol–water partition coefficient (Wildman–Crippen LogP) is 2.71. The van der Waals surface area contributed by atoms with Crippen LogP contribution in [0.5, 0.6) is 0 Å². The second-order valence-electron chi connectivity index (χ2n) is 7.27. The molecule has 2 atom stereocenters. The minimum atomic E-state index is 0.269. The van der Waals surface area contributed by atoms with Crippen LogP contribution < -0.4 is 10.6 Å². The molecule has 2 N–H and O–H groups in total. The molecule has 0 aromatic rings. The third-order valence-electron chi connectivity index (χ3n) is 5.29. The normalized spacial score (nSPS) is 29.1. The molecular weight excluding hydrogens is 236 g/mol. The monoisotopic (exact) mass is 266 g/mol. The van der Waals surface area contributed by atoms with E-state index in [1.165, 1.54) is 25.7 Å². The van der Waals surface area contributed by atoms with Crippen LogP contribution in [-0.4, -0.2) is 25.0 Å². The minimum Gasteiger partial charge on any atom is -0.353 e. The van der Waals surface area contributed by atoms with E-state index in [1.54, 1.807) is 0 Å². The summed E-state index contributed by atoms with van der Waals surface area (Å²) in [5.41, 5.74) is 0.285. The van der Waals surface area contributed by atoms with Crippen molar-refractivity contribution in [2.45, 2.75) is 65.3 Å². The summed E-state index contributed by atoms with van der Waals surface area (Å²) in [6.45, 7) is 9.04. The van der Waals surface area contributed by atoms with E-state index in [9.17, 15) is 4.79 Å². The van der Waals surface area contributed by atoms with E-state index in [4.69, 9.17) is 0 Å². The maximum Gasteiger partial charge on any atom is 0.220 e. The van der Waals surface area contributed by atoms with E-state index in [0.29, 0.717) is 18.4 Å². The Morgan fingerprint density at radius 1 is 1.32 bits per heavy atom. The van der Waals surface area contributed by atoms with Crippen molar-refractivity contribution < 1.29 is 4.79 Å². The molecule has 3 nitrogen and oxygen atoms in total. The zero-order valence-corrected chi connectivity index (χ0v) is 12.8. The fourth-order valence-electron chi connectivity index (χ4n) is 3.72. The fourth-order valence-corrected chi connectivity index (χ4v) is 3.72. The third kappa shape index (κ3) is 3.95. The van der Waals surface area contributed by atoms with Crippen LogP contribution in [-0.2, 0) is 4.79 Å². The van der Waals surface area contributed by atoms with E-state index in [-0.39, 0.29) is 11.3 Å². The van der Waals surface area contributed by atoms with Crippen molar-refractivity contribution in [3.05, 3.63) is 0 Å². The lowest BCUT2D eigenvalue weighted by Gasteiger charge is -2.30. The number of amides is 1. The molecule has 1 saturated heterocycles. The number of rotatable bonds is 4. The predicted molar refractivity (Wildman–Crippen MR) is 78.9 cm³/mol. The molecule has 0 radical (unpaired) electrons. The lowest BCUT2D eigenvalue weighted by molar-refractivity contribution is -0.123. The van der Waals surface area contributed by atoms with Gasteiger partial charge < -0.3 is 10.6 Å². The number of piperidine rings is 1. The summed E-state index contributed by atoms with van der Waals surface area (Å²) in [5, 5.41) is 6.68. The average molecular weight is 266 g/mol. The van der Waals surface area contributed by atoms with Crippen LogP contribution in [0.25, 0.3) is 0 Å². The molecule has 1 amide bonds. The summed E-state index contributed by atoms with van der Waals surface area (Å²) in [7, 11) is 0. The molecule has 1 saturated carbocycles. The van der Waals surface area contributed by atoms with Gasteiger partial charge in [0.1, 0.15) is 0 Å². The van der Waals surface area contributed by atoms with Gasteiger partial charge >= 0.3 is 0 Å². The van der Waals surface area contributed by atoms with Crippen LogP contribution in [0.15, 0.2) is 0 Å².